The van der Waals surface area contributed by atoms with Crippen molar-refractivity contribution in [1.29, 1.82) is 0 Å². The molecule has 0 bridgehead atoms. The fourth-order valence-electron chi connectivity index (χ4n) is 3.16. The van der Waals surface area contributed by atoms with Gasteiger partial charge in [0.15, 0.2) is 0 Å². The molecular formula is C17H28ClN3. The summed E-state index contributed by atoms with van der Waals surface area (Å²) in [6.07, 6.45) is 1.83. The molecule has 1 fully saturated rings. The van der Waals surface area contributed by atoms with Crippen LogP contribution in [0.4, 0.5) is 5.69 Å². The topological polar surface area (TPSA) is 32.5 Å². The van der Waals surface area contributed by atoms with Crippen LogP contribution < -0.4 is 10.6 Å². The summed E-state index contributed by atoms with van der Waals surface area (Å²) >= 11 is 6.45. The van der Waals surface area contributed by atoms with Crippen molar-refractivity contribution in [2.75, 3.05) is 32.1 Å². The number of benzene rings is 1. The average molecular weight is 310 g/mol. The van der Waals surface area contributed by atoms with Crippen LogP contribution in [-0.4, -0.2) is 44.2 Å². The molecule has 21 heavy (non-hydrogen) atoms. The van der Waals surface area contributed by atoms with Crippen LogP contribution in [0.2, 0.25) is 5.02 Å². The predicted octanol–water partition coefficient (Wildman–Crippen LogP) is 3.01. The Morgan fingerprint density at radius 3 is 2.62 bits per heavy atom. The first-order chi connectivity index (χ1) is 9.92. The van der Waals surface area contributed by atoms with Gasteiger partial charge in [0.05, 0.1) is 0 Å². The summed E-state index contributed by atoms with van der Waals surface area (Å²) in [5, 5.41) is 0.845. The summed E-state index contributed by atoms with van der Waals surface area (Å²) in [5.74, 6) is 0.673. The lowest BCUT2D eigenvalue weighted by Gasteiger charge is -2.23. The lowest BCUT2D eigenvalue weighted by atomic mass is 10.0. The summed E-state index contributed by atoms with van der Waals surface area (Å²) < 4.78 is 0. The lowest BCUT2D eigenvalue weighted by Crippen LogP contribution is -2.34. The van der Waals surface area contributed by atoms with Crippen LogP contribution >= 0.6 is 11.6 Å². The highest BCUT2D eigenvalue weighted by molar-refractivity contribution is 6.31. The maximum absolute atomic E-state index is 6.45. The van der Waals surface area contributed by atoms with E-state index < -0.39 is 0 Å². The van der Waals surface area contributed by atoms with Crippen LogP contribution in [0.3, 0.4) is 0 Å². The fourth-order valence-corrected chi connectivity index (χ4v) is 3.41. The Morgan fingerprint density at radius 1 is 1.38 bits per heavy atom. The molecule has 3 atom stereocenters. The van der Waals surface area contributed by atoms with Crippen LogP contribution in [0, 0.1) is 5.92 Å². The number of likely N-dealkylation sites (N-methyl/N-ethyl adjacent to an activating group) is 1. The number of rotatable bonds is 5. The van der Waals surface area contributed by atoms with E-state index in [-0.39, 0.29) is 6.04 Å². The maximum atomic E-state index is 6.45. The van der Waals surface area contributed by atoms with Crippen molar-refractivity contribution in [3.8, 4) is 0 Å². The van der Waals surface area contributed by atoms with Gasteiger partial charge in [-0.3, -0.25) is 0 Å². The first kappa shape index (κ1) is 16.6. The van der Waals surface area contributed by atoms with Gasteiger partial charge in [-0.05, 0) is 50.6 Å². The second-order valence-corrected chi connectivity index (χ2v) is 6.97. The van der Waals surface area contributed by atoms with Gasteiger partial charge in [0.25, 0.3) is 0 Å². The van der Waals surface area contributed by atoms with E-state index in [0.717, 1.165) is 36.5 Å². The molecule has 1 aliphatic rings. The van der Waals surface area contributed by atoms with Crippen LogP contribution in [0.15, 0.2) is 18.2 Å². The van der Waals surface area contributed by atoms with Crippen LogP contribution in [0.25, 0.3) is 0 Å². The number of nitrogens with two attached hydrogens (primary N) is 1. The molecule has 1 aliphatic heterocycles. The SMILES string of the molecule is CCC(N)Cc1ccc(N2CC(C)C(N(C)C)C2)cc1Cl. The monoisotopic (exact) mass is 309 g/mol. The van der Waals surface area contributed by atoms with Crippen LogP contribution in [-0.2, 0) is 6.42 Å². The Morgan fingerprint density at radius 2 is 2.10 bits per heavy atom. The van der Waals surface area contributed by atoms with Gasteiger partial charge >= 0.3 is 0 Å². The highest BCUT2D eigenvalue weighted by Crippen LogP contribution is 2.30. The van der Waals surface area contributed by atoms with Crippen molar-refractivity contribution >= 4 is 17.3 Å². The predicted molar refractivity (Wildman–Crippen MR) is 92.3 cm³/mol. The van der Waals surface area contributed by atoms with Gasteiger partial charge in [-0.1, -0.05) is 31.5 Å². The largest absolute Gasteiger partial charge is 0.370 e. The van der Waals surface area contributed by atoms with E-state index in [1.807, 2.05) is 0 Å². The van der Waals surface area contributed by atoms with Crippen molar-refractivity contribution in [3.63, 3.8) is 0 Å². The molecule has 0 saturated carbocycles. The molecular weight excluding hydrogens is 282 g/mol. The van der Waals surface area contributed by atoms with Crippen molar-refractivity contribution < 1.29 is 0 Å². The zero-order chi connectivity index (χ0) is 15.6. The van der Waals surface area contributed by atoms with Gasteiger partial charge in [-0.25, -0.2) is 0 Å². The van der Waals surface area contributed by atoms with E-state index >= 15 is 0 Å². The fraction of sp³-hybridized carbons (Fsp3) is 0.647. The molecule has 3 unspecified atom stereocenters. The Labute approximate surface area is 134 Å². The van der Waals surface area contributed by atoms with Crippen LogP contribution in [0.5, 0.6) is 0 Å². The lowest BCUT2D eigenvalue weighted by molar-refractivity contribution is 0.266. The maximum Gasteiger partial charge on any atom is 0.0459 e. The molecule has 3 nitrogen and oxygen atoms in total. The van der Waals surface area contributed by atoms with E-state index in [4.69, 9.17) is 17.3 Å². The molecule has 0 radical (unpaired) electrons. The number of nitrogens with zero attached hydrogens (tertiary/aromatic N) is 2. The van der Waals surface area contributed by atoms with Gasteiger partial charge in [0.2, 0.25) is 0 Å². The summed E-state index contributed by atoms with van der Waals surface area (Å²) in [6.45, 7) is 6.59. The molecule has 1 saturated heterocycles. The number of halogens is 1. The summed E-state index contributed by atoms with van der Waals surface area (Å²) in [7, 11) is 4.32. The smallest absolute Gasteiger partial charge is 0.0459 e. The molecule has 0 aliphatic carbocycles. The van der Waals surface area contributed by atoms with Crippen molar-refractivity contribution in [1.82, 2.24) is 4.90 Å². The van der Waals surface area contributed by atoms with Crippen LogP contribution in [0.1, 0.15) is 25.8 Å². The molecule has 1 aromatic carbocycles. The number of anilines is 1. The molecule has 1 heterocycles. The van der Waals surface area contributed by atoms with E-state index in [9.17, 15) is 0 Å². The van der Waals surface area contributed by atoms with Gasteiger partial charge in [-0.15, -0.1) is 0 Å². The van der Waals surface area contributed by atoms with E-state index in [1.54, 1.807) is 0 Å². The minimum Gasteiger partial charge on any atom is -0.370 e. The summed E-state index contributed by atoms with van der Waals surface area (Å²) in [4.78, 5) is 4.76. The highest BCUT2D eigenvalue weighted by Gasteiger charge is 2.31. The number of hydrogen-bond donors (Lipinski definition) is 1. The Kier molecular flexibility index (Phi) is 5.53. The zero-order valence-electron chi connectivity index (χ0n) is 13.6. The third-order valence-corrected chi connectivity index (χ3v) is 5.00. The average Bonchev–Trinajstić information content (AvgIpc) is 2.83. The highest BCUT2D eigenvalue weighted by atomic mass is 35.5. The quantitative estimate of drug-likeness (QED) is 0.907. The molecule has 4 heteroatoms. The number of hydrogen-bond acceptors (Lipinski definition) is 3. The molecule has 118 valence electrons. The molecule has 2 rings (SSSR count). The molecule has 1 aromatic rings. The van der Waals surface area contributed by atoms with E-state index in [0.29, 0.717) is 12.0 Å². The summed E-state index contributed by atoms with van der Waals surface area (Å²) in [6, 6.07) is 7.23. The van der Waals surface area contributed by atoms with Crippen molar-refractivity contribution in [2.45, 2.75) is 38.8 Å². The Bertz CT molecular complexity index is 475. The minimum absolute atomic E-state index is 0.193. The molecule has 0 spiro atoms. The van der Waals surface area contributed by atoms with Crippen molar-refractivity contribution in [3.05, 3.63) is 28.8 Å². The first-order valence-corrected chi connectivity index (χ1v) is 8.25. The van der Waals surface area contributed by atoms with Gasteiger partial charge in [0, 0.05) is 35.9 Å². The zero-order valence-corrected chi connectivity index (χ0v) is 14.4. The minimum atomic E-state index is 0.193. The normalized spacial score (nSPS) is 23.9. The van der Waals surface area contributed by atoms with Gasteiger partial charge in [0.1, 0.15) is 0 Å². The van der Waals surface area contributed by atoms with Gasteiger partial charge < -0.3 is 15.5 Å². The van der Waals surface area contributed by atoms with E-state index in [1.165, 1.54) is 5.69 Å². The first-order valence-electron chi connectivity index (χ1n) is 7.87. The molecule has 2 N–H and O–H groups in total. The second kappa shape index (κ2) is 6.99. The van der Waals surface area contributed by atoms with E-state index in [2.05, 4.69) is 55.9 Å². The summed E-state index contributed by atoms with van der Waals surface area (Å²) in [5.41, 5.74) is 8.41. The Balaban J connectivity index is 2.10. The van der Waals surface area contributed by atoms with Crippen molar-refractivity contribution in [2.24, 2.45) is 11.7 Å². The third kappa shape index (κ3) is 3.91. The molecule has 0 aromatic heterocycles. The second-order valence-electron chi connectivity index (χ2n) is 6.56. The Hall–Kier alpha value is -0.770. The molecule has 0 amide bonds. The third-order valence-electron chi connectivity index (χ3n) is 4.64. The van der Waals surface area contributed by atoms with Gasteiger partial charge in [-0.2, -0.15) is 0 Å². The standard InChI is InChI=1S/C17H28ClN3/c1-5-14(19)8-13-6-7-15(9-16(13)18)21-10-12(2)17(11-21)20(3)4/h6-7,9,12,14,17H,5,8,10-11,19H2,1-4H3.